The Morgan fingerprint density at radius 1 is 1.50 bits per heavy atom. The van der Waals surface area contributed by atoms with Gasteiger partial charge >= 0.3 is 0 Å². The van der Waals surface area contributed by atoms with Crippen LogP contribution in [0.1, 0.15) is 13.3 Å². The molecule has 0 spiro atoms. The third-order valence-corrected chi connectivity index (χ3v) is 3.20. The highest BCUT2D eigenvalue weighted by Crippen LogP contribution is 2.17. The largest absolute Gasteiger partial charge is 0.317 e. The Kier molecular flexibility index (Phi) is 6.23. The molecule has 0 aliphatic rings. The lowest BCUT2D eigenvalue weighted by Crippen LogP contribution is -2.14. The SMILES string of the molecule is CCNCCCSc1ccc(Br)cn1. The molecule has 0 saturated carbocycles. The molecule has 0 bridgehead atoms. The Labute approximate surface area is 98.0 Å². The predicted molar refractivity (Wildman–Crippen MR) is 65.8 cm³/mol. The van der Waals surface area contributed by atoms with E-state index in [0.29, 0.717) is 0 Å². The van der Waals surface area contributed by atoms with Crippen LogP contribution < -0.4 is 5.32 Å². The van der Waals surface area contributed by atoms with Crippen molar-refractivity contribution in [3.05, 3.63) is 22.8 Å². The third-order valence-electron chi connectivity index (χ3n) is 1.70. The molecule has 0 unspecified atom stereocenters. The molecule has 14 heavy (non-hydrogen) atoms. The molecule has 0 amide bonds. The summed E-state index contributed by atoms with van der Waals surface area (Å²) in [6, 6.07) is 4.07. The van der Waals surface area contributed by atoms with Crippen molar-refractivity contribution in [3.8, 4) is 0 Å². The number of thioether (sulfide) groups is 1. The Morgan fingerprint density at radius 3 is 3.00 bits per heavy atom. The number of pyridine rings is 1. The zero-order valence-electron chi connectivity index (χ0n) is 8.29. The van der Waals surface area contributed by atoms with E-state index in [9.17, 15) is 0 Å². The molecule has 0 fully saturated rings. The maximum absolute atomic E-state index is 4.29. The van der Waals surface area contributed by atoms with Gasteiger partial charge in [0.2, 0.25) is 0 Å². The minimum absolute atomic E-state index is 1.04. The number of aromatic nitrogens is 1. The normalized spacial score (nSPS) is 10.4. The van der Waals surface area contributed by atoms with Crippen LogP contribution in [0.5, 0.6) is 0 Å². The molecule has 1 aromatic heterocycles. The number of hydrogen-bond donors (Lipinski definition) is 1. The fraction of sp³-hybridized carbons (Fsp3) is 0.500. The molecule has 1 N–H and O–H groups in total. The molecule has 4 heteroatoms. The molecule has 78 valence electrons. The second kappa shape index (κ2) is 7.26. The van der Waals surface area contributed by atoms with Crippen LogP contribution in [0.3, 0.4) is 0 Å². The fourth-order valence-corrected chi connectivity index (χ4v) is 2.02. The molecular weight excluding hydrogens is 260 g/mol. The summed E-state index contributed by atoms with van der Waals surface area (Å²) in [5.74, 6) is 1.13. The van der Waals surface area contributed by atoms with Gasteiger partial charge in [0.1, 0.15) is 0 Å². The first kappa shape index (κ1) is 12.0. The van der Waals surface area contributed by atoms with Gasteiger partial charge in [-0.1, -0.05) is 6.92 Å². The van der Waals surface area contributed by atoms with Gasteiger partial charge in [0.05, 0.1) is 5.03 Å². The Balaban J connectivity index is 2.15. The van der Waals surface area contributed by atoms with Crippen molar-refractivity contribution < 1.29 is 0 Å². The Morgan fingerprint density at radius 2 is 2.36 bits per heavy atom. The minimum Gasteiger partial charge on any atom is -0.317 e. The number of hydrogen-bond acceptors (Lipinski definition) is 3. The summed E-state index contributed by atoms with van der Waals surface area (Å²) in [4.78, 5) is 4.29. The first-order valence-electron chi connectivity index (χ1n) is 4.78. The average molecular weight is 275 g/mol. The van der Waals surface area contributed by atoms with Crippen molar-refractivity contribution in [1.82, 2.24) is 10.3 Å². The highest BCUT2D eigenvalue weighted by atomic mass is 79.9. The van der Waals surface area contributed by atoms with Gasteiger partial charge in [0.15, 0.2) is 0 Å². The lowest BCUT2D eigenvalue weighted by Gasteiger charge is -2.01. The van der Waals surface area contributed by atoms with Crippen LogP contribution in [0.4, 0.5) is 0 Å². The first-order chi connectivity index (χ1) is 6.83. The number of rotatable bonds is 6. The molecule has 0 radical (unpaired) electrons. The maximum Gasteiger partial charge on any atom is 0.0960 e. The summed E-state index contributed by atoms with van der Waals surface area (Å²) in [5.41, 5.74) is 0. The maximum atomic E-state index is 4.29. The van der Waals surface area contributed by atoms with E-state index in [1.807, 2.05) is 30.1 Å². The molecule has 0 saturated heterocycles. The zero-order chi connectivity index (χ0) is 10.2. The van der Waals surface area contributed by atoms with Crippen molar-refractivity contribution in [2.45, 2.75) is 18.4 Å². The summed E-state index contributed by atoms with van der Waals surface area (Å²) in [6.07, 6.45) is 3.03. The van der Waals surface area contributed by atoms with Crippen molar-refractivity contribution in [2.75, 3.05) is 18.8 Å². The Bertz CT molecular complexity index is 251. The highest BCUT2D eigenvalue weighted by molar-refractivity contribution is 9.10. The average Bonchev–Trinajstić information content (AvgIpc) is 2.21. The molecule has 1 aromatic rings. The van der Waals surface area contributed by atoms with Crippen LogP contribution in [0.2, 0.25) is 0 Å². The molecule has 0 aromatic carbocycles. The summed E-state index contributed by atoms with van der Waals surface area (Å²) >= 11 is 5.17. The predicted octanol–water partition coefficient (Wildman–Crippen LogP) is 2.94. The van der Waals surface area contributed by atoms with E-state index in [0.717, 1.165) is 28.3 Å². The van der Waals surface area contributed by atoms with Gasteiger partial charge in [-0.15, -0.1) is 11.8 Å². The van der Waals surface area contributed by atoms with Crippen LogP contribution in [-0.2, 0) is 0 Å². The fourth-order valence-electron chi connectivity index (χ4n) is 0.998. The first-order valence-corrected chi connectivity index (χ1v) is 6.56. The summed E-state index contributed by atoms with van der Waals surface area (Å²) < 4.78 is 1.04. The quantitative estimate of drug-likeness (QED) is 0.638. The third kappa shape index (κ3) is 4.98. The molecule has 1 heterocycles. The van der Waals surface area contributed by atoms with Crippen LogP contribution in [-0.4, -0.2) is 23.8 Å². The van der Waals surface area contributed by atoms with Crippen molar-refractivity contribution in [2.24, 2.45) is 0 Å². The van der Waals surface area contributed by atoms with E-state index in [1.54, 1.807) is 0 Å². The van der Waals surface area contributed by atoms with E-state index < -0.39 is 0 Å². The van der Waals surface area contributed by atoms with E-state index in [1.165, 1.54) is 6.42 Å². The zero-order valence-corrected chi connectivity index (χ0v) is 10.7. The topological polar surface area (TPSA) is 24.9 Å². The number of halogens is 1. The van der Waals surface area contributed by atoms with E-state index in [-0.39, 0.29) is 0 Å². The molecule has 2 nitrogen and oxygen atoms in total. The van der Waals surface area contributed by atoms with Crippen molar-refractivity contribution in [1.29, 1.82) is 0 Å². The van der Waals surface area contributed by atoms with Gasteiger partial charge in [-0.3, -0.25) is 0 Å². The van der Waals surface area contributed by atoms with Crippen LogP contribution in [0.15, 0.2) is 27.8 Å². The summed E-state index contributed by atoms with van der Waals surface area (Å²) in [7, 11) is 0. The van der Waals surface area contributed by atoms with E-state index in [4.69, 9.17) is 0 Å². The Hall–Kier alpha value is -0.0600. The summed E-state index contributed by atoms with van der Waals surface area (Å²) in [6.45, 7) is 4.28. The summed E-state index contributed by atoms with van der Waals surface area (Å²) in [5, 5.41) is 4.40. The highest BCUT2D eigenvalue weighted by Gasteiger charge is 1.94. The van der Waals surface area contributed by atoms with Crippen LogP contribution in [0, 0.1) is 0 Å². The van der Waals surface area contributed by atoms with Crippen molar-refractivity contribution in [3.63, 3.8) is 0 Å². The lowest BCUT2D eigenvalue weighted by molar-refractivity contribution is 0.707. The molecule has 1 rings (SSSR count). The van der Waals surface area contributed by atoms with Crippen LogP contribution in [0.25, 0.3) is 0 Å². The van der Waals surface area contributed by atoms with E-state index in [2.05, 4.69) is 33.2 Å². The van der Waals surface area contributed by atoms with Gasteiger partial charge in [0.25, 0.3) is 0 Å². The van der Waals surface area contributed by atoms with Crippen LogP contribution >= 0.6 is 27.7 Å². The molecule has 0 aliphatic heterocycles. The molecule has 0 aliphatic carbocycles. The second-order valence-corrected chi connectivity index (χ2v) is 4.90. The number of nitrogens with one attached hydrogen (secondary N) is 1. The molecule has 0 atom stereocenters. The smallest absolute Gasteiger partial charge is 0.0960 e. The van der Waals surface area contributed by atoms with Gasteiger partial charge in [0, 0.05) is 16.4 Å². The van der Waals surface area contributed by atoms with E-state index >= 15 is 0 Å². The standard InChI is InChI=1S/C10H15BrN2S/c1-2-12-6-3-7-14-10-5-4-9(11)8-13-10/h4-5,8,12H,2-3,6-7H2,1H3. The van der Waals surface area contributed by atoms with Crippen molar-refractivity contribution >= 4 is 27.7 Å². The number of nitrogens with zero attached hydrogens (tertiary/aromatic N) is 1. The van der Waals surface area contributed by atoms with Gasteiger partial charge in [-0.2, -0.15) is 0 Å². The lowest BCUT2D eigenvalue weighted by atomic mass is 10.5. The van der Waals surface area contributed by atoms with Gasteiger partial charge in [-0.25, -0.2) is 4.98 Å². The second-order valence-electron chi connectivity index (χ2n) is 2.87. The minimum atomic E-state index is 1.04. The monoisotopic (exact) mass is 274 g/mol. The van der Waals surface area contributed by atoms with Gasteiger partial charge < -0.3 is 5.32 Å². The molecular formula is C10H15BrN2S. The van der Waals surface area contributed by atoms with Gasteiger partial charge in [-0.05, 0) is 47.6 Å².